The molecule has 6 nitrogen and oxygen atoms in total. The van der Waals surface area contributed by atoms with Crippen molar-refractivity contribution in [2.75, 3.05) is 30.4 Å². The molecule has 152 valence electrons. The average molecular weight is 393 g/mol. The Balaban J connectivity index is 1.63. The highest BCUT2D eigenvalue weighted by Gasteiger charge is 2.22. The molecule has 0 spiro atoms. The molecule has 0 bridgehead atoms. The highest BCUT2D eigenvalue weighted by molar-refractivity contribution is 6.00. The van der Waals surface area contributed by atoms with E-state index < -0.39 is 0 Å². The van der Waals surface area contributed by atoms with Gasteiger partial charge in [-0.2, -0.15) is 0 Å². The fourth-order valence-electron chi connectivity index (χ4n) is 3.77. The highest BCUT2D eigenvalue weighted by Crippen LogP contribution is 2.23. The molecule has 2 aromatic rings. The van der Waals surface area contributed by atoms with E-state index in [0.29, 0.717) is 18.5 Å². The minimum Gasteiger partial charge on any atom is -0.332 e. The summed E-state index contributed by atoms with van der Waals surface area (Å²) in [6.45, 7) is 6.60. The van der Waals surface area contributed by atoms with Crippen LogP contribution in [0.15, 0.2) is 36.4 Å². The lowest BCUT2D eigenvalue weighted by Crippen LogP contribution is -2.35. The number of benzene rings is 2. The lowest BCUT2D eigenvalue weighted by Gasteiger charge is -2.19. The first-order valence-corrected chi connectivity index (χ1v) is 9.80. The van der Waals surface area contributed by atoms with Gasteiger partial charge in [0.2, 0.25) is 11.8 Å². The number of aryl methyl sites for hydroxylation is 3. The van der Waals surface area contributed by atoms with E-state index in [1.807, 2.05) is 32.9 Å². The van der Waals surface area contributed by atoms with Gasteiger partial charge in [-0.05, 0) is 62.6 Å². The molecule has 1 N–H and O–H groups in total. The number of likely N-dealkylation sites (N-methyl/N-ethyl adjacent to an activating group) is 1. The molecule has 1 aliphatic heterocycles. The second kappa shape index (κ2) is 8.47. The number of nitrogens with one attached hydrogen (secondary N) is 1. The van der Waals surface area contributed by atoms with Crippen LogP contribution in [-0.4, -0.2) is 42.8 Å². The molecule has 6 heteroatoms. The van der Waals surface area contributed by atoms with Gasteiger partial charge in [0.25, 0.3) is 5.91 Å². The van der Waals surface area contributed by atoms with Crippen molar-refractivity contribution in [1.29, 1.82) is 0 Å². The molecule has 1 aliphatic rings. The first-order chi connectivity index (χ1) is 13.8. The van der Waals surface area contributed by atoms with Gasteiger partial charge in [0.15, 0.2) is 0 Å². The van der Waals surface area contributed by atoms with Crippen molar-refractivity contribution in [1.82, 2.24) is 4.90 Å². The number of anilines is 2. The molecule has 1 heterocycles. The molecule has 2 aromatic carbocycles. The second-order valence-electron chi connectivity index (χ2n) is 7.68. The van der Waals surface area contributed by atoms with Crippen molar-refractivity contribution in [3.63, 3.8) is 0 Å². The van der Waals surface area contributed by atoms with Crippen LogP contribution in [-0.2, 0) is 9.59 Å². The van der Waals surface area contributed by atoms with E-state index in [2.05, 4.69) is 5.32 Å². The highest BCUT2D eigenvalue weighted by atomic mass is 16.2. The molecule has 3 amide bonds. The first kappa shape index (κ1) is 20.6. The lowest BCUT2D eigenvalue weighted by molar-refractivity contribution is -0.117. The van der Waals surface area contributed by atoms with Crippen LogP contribution in [0.3, 0.4) is 0 Å². The summed E-state index contributed by atoms with van der Waals surface area (Å²) in [5.41, 5.74) is 5.22. The van der Waals surface area contributed by atoms with Crippen LogP contribution in [0.25, 0.3) is 0 Å². The zero-order valence-electron chi connectivity index (χ0n) is 17.4. The van der Waals surface area contributed by atoms with E-state index in [4.69, 9.17) is 0 Å². The van der Waals surface area contributed by atoms with Crippen LogP contribution in [0, 0.1) is 20.8 Å². The van der Waals surface area contributed by atoms with Gasteiger partial charge in [-0.3, -0.25) is 14.4 Å². The summed E-state index contributed by atoms with van der Waals surface area (Å²) < 4.78 is 0. The number of carbonyl (C=O) groups is 3. The zero-order valence-corrected chi connectivity index (χ0v) is 17.4. The minimum absolute atomic E-state index is 0.0437. The molecule has 0 radical (unpaired) electrons. The summed E-state index contributed by atoms with van der Waals surface area (Å²) in [7, 11) is 1.61. The largest absolute Gasteiger partial charge is 0.332 e. The summed E-state index contributed by atoms with van der Waals surface area (Å²) in [4.78, 5) is 40.1. The van der Waals surface area contributed by atoms with Gasteiger partial charge in [0.1, 0.15) is 0 Å². The van der Waals surface area contributed by atoms with Crippen LogP contribution in [0.4, 0.5) is 11.4 Å². The van der Waals surface area contributed by atoms with Crippen LogP contribution in [0.5, 0.6) is 0 Å². The molecule has 0 atom stereocenters. The molecule has 0 aliphatic carbocycles. The Morgan fingerprint density at radius 3 is 2.24 bits per heavy atom. The van der Waals surface area contributed by atoms with E-state index in [-0.39, 0.29) is 24.3 Å². The second-order valence-corrected chi connectivity index (χ2v) is 7.68. The van der Waals surface area contributed by atoms with Gasteiger partial charge in [-0.25, -0.2) is 0 Å². The minimum atomic E-state index is -0.241. The van der Waals surface area contributed by atoms with Gasteiger partial charge in [-0.15, -0.1) is 0 Å². The maximum absolute atomic E-state index is 12.7. The number of hydrogen-bond acceptors (Lipinski definition) is 3. The van der Waals surface area contributed by atoms with Gasteiger partial charge in [0, 0.05) is 37.0 Å². The third-order valence-electron chi connectivity index (χ3n) is 5.17. The Bertz CT molecular complexity index is 927. The monoisotopic (exact) mass is 393 g/mol. The third kappa shape index (κ3) is 4.65. The zero-order chi connectivity index (χ0) is 21.1. The van der Waals surface area contributed by atoms with Crippen LogP contribution in [0.1, 0.15) is 39.9 Å². The van der Waals surface area contributed by atoms with Crippen molar-refractivity contribution in [3.05, 3.63) is 58.7 Å². The van der Waals surface area contributed by atoms with Crippen LogP contribution >= 0.6 is 0 Å². The molecule has 3 rings (SSSR count). The fourth-order valence-corrected chi connectivity index (χ4v) is 3.77. The molecule has 29 heavy (non-hydrogen) atoms. The third-order valence-corrected chi connectivity index (χ3v) is 5.17. The van der Waals surface area contributed by atoms with Gasteiger partial charge in [-0.1, -0.05) is 17.7 Å². The SMILES string of the molecule is Cc1cc(C)c(NC(=O)CN(C)C(=O)c2ccc(N3CCCC3=O)cc2)c(C)c1. The Kier molecular flexibility index (Phi) is 6.01. The molecular weight excluding hydrogens is 366 g/mol. The van der Waals surface area contributed by atoms with E-state index >= 15 is 0 Å². The van der Waals surface area contributed by atoms with Gasteiger partial charge < -0.3 is 15.1 Å². The van der Waals surface area contributed by atoms with E-state index in [9.17, 15) is 14.4 Å². The number of amides is 3. The first-order valence-electron chi connectivity index (χ1n) is 9.80. The molecule has 1 saturated heterocycles. The smallest absolute Gasteiger partial charge is 0.254 e. The van der Waals surface area contributed by atoms with E-state index in [0.717, 1.165) is 34.5 Å². The normalized spacial score (nSPS) is 13.5. The summed E-state index contributed by atoms with van der Waals surface area (Å²) in [5.74, 6) is -0.369. The molecule has 1 fully saturated rings. The van der Waals surface area contributed by atoms with Crippen LogP contribution in [0.2, 0.25) is 0 Å². The molecular formula is C23H27N3O3. The number of carbonyl (C=O) groups excluding carboxylic acids is 3. The summed E-state index contributed by atoms with van der Waals surface area (Å²) in [6, 6.07) is 11.0. The predicted octanol–water partition coefficient (Wildman–Crippen LogP) is 3.45. The summed E-state index contributed by atoms with van der Waals surface area (Å²) in [5, 5.41) is 2.92. The van der Waals surface area contributed by atoms with Crippen molar-refractivity contribution < 1.29 is 14.4 Å². The van der Waals surface area contributed by atoms with Gasteiger partial charge >= 0.3 is 0 Å². The van der Waals surface area contributed by atoms with Gasteiger partial charge in [0.05, 0.1) is 6.54 Å². The predicted molar refractivity (Wildman–Crippen MR) is 114 cm³/mol. The van der Waals surface area contributed by atoms with E-state index in [1.165, 1.54) is 4.90 Å². The Labute approximate surface area is 171 Å². The molecule has 0 unspecified atom stereocenters. The Morgan fingerprint density at radius 2 is 1.69 bits per heavy atom. The standard InChI is InChI=1S/C23H27N3O3/c1-15-12-16(2)22(17(3)13-15)24-20(27)14-25(4)23(29)18-7-9-19(10-8-18)26-11-5-6-21(26)28/h7-10,12-13H,5-6,11,14H2,1-4H3,(H,24,27). The van der Waals surface area contributed by atoms with Crippen molar-refractivity contribution in [3.8, 4) is 0 Å². The maximum atomic E-state index is 12.7. The quantitative estimate of drug-likeness (QED) is 0.846. The number of rotatable bonds is 5. The fraction of sp³-hybridized carbons (Fsp3) is 0.348. The summed E-state index contributed by atoms with van der Waals surface area (Å²) in [6.07, 6.45) is 1.43. The van der Waals surface area contributed by atoms with Crippen LogP contribution < -0.4 is 10.2 Å². The lowest BCUT2D eigenvalue weighted by atomic mass is 10.1. The maximum Gasteiger partial charge on any atom is 0.254 e. The van der Waals surface area contributed by atoms with Crippen molar-refractivity contribution >= 4 is 29.1 Å². The summed E-state index contributed by atoms with van der Waals surface area (Å²) >= 11 is 0. The van der Waals surface area contributed by atoms with Crippen molar-refractivity contribution in [2.24, 2.45) is 0 Å². The number of hydrogen-bond donors (Lipinski definition) is 1. The average Bonchev–Trinajstić information content (AvgIpc) is 3.10. The Morgan fingerprint density at radius 1 is 1.07 bits per heavy atom. The molecule has 0 saturated carbocycles. The van der Waals surface area contributed by atoms with E-state index in [1.54, 1.807) is 36.2 Å². The topological polar surface area (TPSA) is 69.7 Å². The number of nitrogens with zero attached hydrogens (tertiary/aromatic N) is 2. The van der Waals surface area contributed by atoms with Crippen molar-refractivity contribution in [2.45, 2.75) is 33.6 Å². The molecule has 0 aromatic heterocycles. The Hall–Kier alpha value is -3.15.